The molecule has 3 rings (SSSR count). The molecule has 1 aliphatic rings. The average Bonchev–Trinajstić information content (AvgIpc) is 3.21. The molecule has 0 saturated carbocycles. The molecule has 1 aliphatic heterocycles. The zero-order chi connectivity index (χ0) is 21.2. The molecule has 0 radical (unpaired) electrons. The highest BCUT2D eigenvalue weighted by molar-refractivity contribution is 5.91. The number of carbonyl (C=O) groups is 2. The van der Waals surface area contributed by atoms with Gasteiger partial charge in [-0.2, -0.15) is 0 Å². The van der Waals surface area contributed by atoms with Crippen LogP contribution in [-0.4, -0.2) is 42.5 Å². The first-order valence-corrected chi connectivity index (χ1v) is 10.7. The van der Waals surface area contributed by atoms with Crippen LogP contribution in [0.4, 0.5) is 5.69 Å². The van der Waals surface area contributed by atoms with Crippen molar-refractivity contribution in [2.75, 3.05) is 25.1 Å². The summed E-state index contributed by atoms with van der Waals surface area (Å²) < 4.78 is 5.65. The smallest absolute Gasteiger partial charge is 0.234 e. The van der Waals surface area contributed by atoms with Gasteiger partial charge < -0.3 is 15.8 Å². The number of carbonyl (C=O) groups excluding carboxylic acids is 2. The number of rotatable bonds is 11. The van der Waals surface area contributed by atoms with Crippen LogP contribution < -0.4 is 11.1 Å². The van der Waals surface area contributed by atoms with Gasteiger partial charge >= 0.3 is 0 Å². The number of nitrogens with one attached hydrogen (secondary N) is 1. The third-order valence-corrected chi connectivity index (χ3v) is 5.43. The van der Waals surface area contributed by atoms with Gasteiger partial charge in [0.25, 0.3) is 0 Å². The number of nitrogens with zero attached hydrogens (tertiary/aromatic N) is 1. The van der Waals surface area contributed by atoms with Crippen molar-refractivity contribution in [1.29, 1.82) is 0 Å². The minimum atomic E-state index is -0.277. The third kappa shape index (κ3) is 6.68. The lowest BCUT2D eigenvalue weighted by Gasteiger charge is -2.23. The van der Waals surface area contributed by atoms with Gasteiger partial charge in [0, 0.05) is 25.3 Å². The Morgan fingerprint density at radius 2 is 1.83 bits per heavy atom. The molecule has 0 spiro atoms. The van der Waals surface area contributed by atoms with Crippen LogP contribution in [0.3, 0.4) is 0 Å². The van der Waals surface area contributed by atoms with Gasteiger partial charge in [-0.1, -0.05) is 48.5 Å². The second-order valence-electron chi connectivity index (χ2n) is 7.69. The minimum Gasteiger partial charge on any atom is -0.381 e. The first-order valence-electron chi connectivity index (χ1n) is 10.7. The van der Waals surface area contributed by atoms with Crippen LogP contribution >= 0.6 is 0 Å². The van der Waals surface area contributed by atoms with Gasteiger partial charge in [0.15, 0.2) is 0 Å². The van der Waals surface area contributed by atoms with Gasteiger partial charge in [-0.25, -0.2) is 0 Å². The van der Waals surface area contributed by atoms with E-state index in [4.69, 9.17) is 10.5 Å². The fourth-order valence-electron chi connectivity index (χ4n) is 3.82. The van der Waals surface area contributed by atoms with Crippen molar-refractivity contribution >= 4 is 17.5 Å². The molecular weight excluding hydrogens is 378 g/mol. The van der Waals surface area contributed by atoms with Crippen LogP contribution in [0.1, 0.15) is 36.8 Å². The summed E-state index contributed by atoms with van der Waals surface area (Å²) in [4.78, 5) is 26.1. The van der Waals surface area contributed by atoms with E-state index in [1.54, 1.807) is 0 Å². The van der Waals surface area contributed by atoms with Crippen LogP contribution in [0, 0.1) is 0 Å². The molecule has 3 N–H and O–H groups in total. The van der Waals surface area contributed by atoms with Gasteiger partial charge in [0.1, 0.15) is 0 Å². The highest BCUT2D eigenvalue weighted by atomic mass is 16.5. The van der Waals surface area contributed by atoms with Crippen molar-refractivity contribution in [2.45, 2.75) is 44.7 Å². The molecule has 2 amide bonds. The van der Waals surface area contributed by atoms with Crippen LogP contribution in [-0.2, 0) is 27.3 Å². The van der Waals surface area contributed by atoms with Crippen molar-refractivity contribution in [1.82, 2.24) is 4.90 Å². The van der Waals surface area contributed by atoms with E-state index in [2.05, 4.69) is 22.3 Å². The molecule has 1 heterocycles. The van der Waals surface area contributed by atoms with E-state index in [1.807, 2.05) is 42.5 Å². The second-order valence-corrected chi connectivity index (χ2v) is 7.69. The highest BCUT2D eigenvalue weighted by Gasteiger charge is 2.29. The van der Waals surface area contributed by atoms with Crippen LogP contribution in [0.15, 0.2) is 54.6 Å². The molecule has 1 unspecified atom stereocenters. The Labute approximate surface area is 178 Å². The van der Waals surface area contributed by atoms with E-state index in [1.165, 1.54) is 5.56 Å². The summed E-state index contributed by atoms with van der Waals surface area (Å²) in [5.74, 6) is -0.303. The van der Waals surface area contributed by atoms with Gasteiger partial charge in [-0.05, 0) is 49.4 Å². The van der Waals surface area contributed by atoms with E-state index in [9.17, 15) is 9.59 Å². The number of ether oxygens (including phenoxy) is 1. The zero-order valence-corrected chi connectivity index (χ0v) is 17.4. The quantitative estimate of drug-likeness (QED) is 0.559. The number of benzene rings is 2. The molecule has 0 aliphatic carbocycles. The highest BCUT2D eigenvalue weighted by Crippen LogP contribution is 2.24. The maximum absolute atomic E-state index is 12.4. The Kier molecular flexibility index (Phi) is 8.41. The maximum atomic E-state index is 12.4. The SMILES string of the molecule is NC(=O)C1CCCN1Cc1ccccc1NC(=O)CCCOCCc1ccccc1. The summed E-state index contributed by atoms with van der Waals surface area (Å²) in [6.45, 7) is 2.67. The summed E-state index contributed by atoms with van der Waals surface area (Å²) in [7, 11) is 0. The molecular formula is C24H31N3O3. The molecule has 1 saturated heterocycles. The molecule has 0 bridgehead atoms. The number of hydrogen-bond acceptors (Lipinski definition) is 4. The molecule has 0 aromatic heterocycles. The maximum Gasteiger partial charge on any atom is 0.234 e. The fraction of sp³-hybridized carbons (Fsp3) is 0.417. The lowest BCUT2D eigenvalue weighted by molar-refractivity contribution is -0.122. The molecule has 1 atom stereocenters. The number of anilines is 1. The van der Waals surface area contributed by atoms with Gasteiger partial charge in [-0.3, -0.25) is 14.5 Å². The second kappa shape index (κ2) is 11.5. The van der Waals surface area contributed by atoms with Gasteiger partial charge in [0.2, 0.25) is 11.8 Å². The summed E-state index contributed by atoms with van der Waals surface area (Å²) in [6, 6.07) is 17.7. The van der Waals surface area contributed by atoms with Crippen LogP contribution in [0.2, 0.25) is 0 Å². The first kappa shape index (κ1) is 22.0. The molecule has 2 aromatic carbocycles. The van der Waals surface area contributed by atoms with Gasteiger partial charge in [-0.15, -0.1) is 0 Å². The largest absolute Gasteiger partial charge is 0.381 e. The normalized spacial score (nSPS) is 16.5. The molecule has 6 nitrogen and oxygen atoms in total. The van der Waals surface area contributed by atoms with E-state index in [-0.39, 0.29) is 17.9 Å². The number of primary amides is 1. The van der Waals surface area contributed by atoms with Crippen LogP contribution in [0.5, 0.6) is 0 Å². The summed E-state index contributed by atoms with van der Waals surface area (Å²) in [5.41, 5.74) is 8.57. The zero-order valence-electron chi connectivity index (χ0n) is 17.4. The van der Waals surface area contributed by atoms with E-state index in [0.717, 1.165) is 37.1 Å². The Hall–Kier alpha value is -2.70. The standard InChI is InChI=1S/C24H31N3O3/c25-24(29)22-12-6-15-27(22)18-20-10-4-5-11-21(20)26-23(28)13-7-16-30-17-14-19-8-2-1-3-9-19/h1-5,8-11,22H,6-7,12-18H2,(H2,25,29)(H,26,28). The monoisotopic (exact) mass is 409 g/mol. The Balaban J connectivity index is 1.40. The number of amides is 2. The third-order valence-electron chi connectivity index (χ3n) is 5.43. The number of para-hydroxylation sites is 1. The average molecular weight is 410 g/mol. The van der Waals surface area contributed by atoms with Gasteiger partial charge in [0.05, 0.1) is 12.6 Å². The van der Waals surface area contributed by atoms with Crippen molar-refractivity contribution in [2.24, 2.45) is 5.73 Å². The Morgan fingerprint density at radius 3 is 2.63 bits per heavy atom. The number of hydrogen-bond donors (Lipinski definition) is 2. The predicted octanol–water partition coefficient (Wildman–Crippen LogP) is 3.11. The van der Waals surface area contributed by atoms with E-state index >= 15 is 0 Å². The van der Waals surface area contributed by atoms with Crippen molar-refractivity contribution in [3.63, 3.8) is 0 Å². The van der Waals surface area contributed by atoms with E-state index in [0.29, 0.717) is 32.6 Å². The predicted molar refractivity (Wildman–Crippen MR) is 118 cm³/mol. The number of likely N-dealkylation sites (tertiary alicyclic amines) is 1. The van der Waals surface area contributed by atoms with E-state index < -0.39 is 0 Å². The summed E-state index contributed by atoms with van der Waals surface area (Å²) in [6.07, 6.45) is 3.73. The fourth-order valence-corrected chi connectivity index (χ4v) is 3.82. The molecule has 6 heteroatoms. The lowest BCUT2D eigenvalue weighted by Crippen LogP contribution is -2.39. The topological polar surface area (TPSA) is 84.7 Å². The molecule has 160 valence electrons. The molecule has 30 heavy (non-hydrogen) atoms. The summed E-state index contributed by atoms with van der Waals surface area (Å²) >= 11 is 0. The van der Waals surface area contributed by atoms with Crippen LogP contribution in [0.25, 0.3) is 0 Å². The first-order chi connectivity index (χ1) is 14.6. The Bertz CT molecular complexity index is 825. The lowest BCUT2D eigenvalue weighted by atomic mass is 10.1. The minimum absolute atomic E-state index is 0.0259. The molecule has 1 fully saturated rings. The molecule has 2 aromatic rings. The summed E-state index contributed by atoms with van der Waals surface area (Å²) in [5, 5.41) is 3.01. The van der Waals surface area contributed by atoms with Crippen molar-refractivity contribution < 1.29 is 14.3 Å². The van der Waals surface area contributed by atoms with Crippen molar-refractivity contribution in [3.05, 3.63) is 65.7 Å². The number of nitrogens with two attached hydrogens (primary N) is 1. The van der Waals surface area contributed by atoms with Crippen molar-refractivity contribution in [3.8, 4) is 0 Å². The Morgan fingerprint density at radius 1 is 1.07 bits per heavy atom.